The maximum Gasteiger partial charge on any atom is 0.271 e. The van der Waals surface area contributed by atoms with Gasteiger partial charge in [-0.25, -0.2) is 8.42 Å². The predicted molar refractivity (Wildman–Crippen MR) is 100.0 cm³/mol. The number of benzene rings is 2. The summed E-state index contributed by atoms with van der Waals surface area (Å²) >= 11 is 6.13. The number of hydrogen-bond acceptors (Lipinski definition) is 3. The van der Waals surface area contributed by atoms with Crippen LogP contribution in [0.3, 0.4) is 0 Å². The topological polar surface area (TPSA) is 68.2 Å². The molecule has 0 saturated heterocycles. The molecule has 1 aliphatic heterocycles. The van der Waals surface area contributed by atoms with Crippen LogP contribution < -0.4 is 5.32 Å². The molecule has 0 bridgehead atoms. The molecule has 132 valence electrons. The molecule has 0 radical (unpaired) electrons. The average Bonchev–Trinajstić information content (AvgIpc) is 3.21. The maximum atomic E-state index is 13.7. The van der Waals surface area contributed by atoms with Crippen molar-refractivity contribution in [3.05, 3.63) is 83.1 Å². The van der Waals surface area contributed by atoms with Gasteiger partial charge < -0.3 is 9.88 Å². The van der Waals surface area contributed by atoms with Crippen LogP contribution in [0.1, 0.15) is 11.1 Å². The normalized spacial score (nSPS) is 19.2. The highest BCUT2D eigenvalue weighted by Crippen LogP contribution is 2.46. The fraction of sp³-hybridized carbons (Fsp3) is 0.105. The Morgan fingerprint density at radius 1 is 1.04 bits per heavy atom. The number of hydrogen-bond donors (Lipinski definition) is 1. The molecule has 1 aromatic heterocycles. The van der Waals surface area contributed by atoms with Gasteiger partial charge in [-0.05, 0) is 49.4 Å². The lowest BCUT2D eigenvalue weighted by Gasteiger charge is -2.29. The zero-order valence-electron chi connectivity index (χ0n) is 13.8. The number of halogens is 1. The van der Waals surface area contributed by atoms with Crippen LogP contribution in [0.25, 0.3) is 0 Å². The molecular formula is C19H15ClN2O3S. The number of sulfone groups is 1. The van der Waals surface area contributed by atoms with Crippen molar-refractivity contribution < 1.29 is 13.2 Å². The Labute approximate surface area is 156 Å². The number of aromatic nitrogens is 1. The van der Waals surface area contributed by atoms with Gasteiger partial charge in [-0.3, -0.25) is 4.79 Å². The molecule has 1 amide bonds. The summed E-state index contributed by atoms with van der Waals surface area (Å²) in [6, 6.07) is 14.6. The number of nitrogens with one attached hydrogen (secondary N) is 1. The Hall–Kier alpha value is -2.57. The fourth-order valence-corrected chi connectivity index (χ4v) is 5.49. The standard InChI is InChI=1S/C19H15ClN2O3S/c1-13-4-7-15(8-5-13)26(24,25)19(22-10-2-3-11-22)16-12-14(20)6-9-17(16)21-18(19)23/h2-12H,1H3,(H,21,23). The second kappa shape index (κ2) is 5.72. The lowest BCUT2D eigenvalue weighted by molar-refractivity contribution is -0.118. The van der Waals surface area contributed by atoms with E-state index in [1.807, 2.05) is 6.92 Å². The van der Waals surface area contributed by atoms with Crippen LogP contribution in [0.4, 0.5) is 5.69 Å². The first-order valence-electron chi connectivity index (χ1n) is 7.93. The number of nitrogens with zero attached hydrogens (tertiary/aromatic N) is 1. The van der Waals surface area contributed by atoms with Crippen LogP contribution in [0.15, 0.2) is 71.9 Å². The third-order valence-corrected chi connectivity index (χ3v) is 7.11. The zero-order chi connectivity index (χ0) is 18.5. The summed E-state index contributed by atoms with van der Waals surface area (Å²) in [7, 11) is -4.13. The molecule has 4 rings (SSSR count). The van der Waals surface area contributed by atoms with Gasteiger partial charge >= 0.3 is 0 Å². The highest BCUT2D eigenvalue weighted by molar-refractivity contribution is 7.93. The number of fused-ring (bicyclic) bond motifs is 1. The van der Waals surface area contributed by atoms with E-state index in [4.69, 9.17) is 11.6 Å². The molecule has 2 heterocycles. The van der Waals surface area contributed by atoms with Gasteiger partial charge in [0.2, 0.25) is 9.84 Å². The molecule has 2 aromatic carbocycles. The molecule has 26 heavy (non-hydrogen) atoms. The number of anilines is 1. The van der Waals surface area contributed by atoms with Crippen molar-refractivity contribution in [3.63, 3.8) is 0 Å². The fourth-order valence-electron chi connectivity index (χ4n) is 3.33. The molecule has 0 fully saturated rings. The second-order valence-electron chi connectivity index (χ2n) is 6.19. The Morgan fingerprint density at radius 2 is 1.69 bits per heavy atom. The molecule has 0 aliphatic carbocycles. The Bertz CT molecular complexity index is 1110. The third-order valence-electron chi connectivity index (χ3n) is 4.59. The molecular weight excluding hydrogens is 372 g/mol. The van der Waals surface area contributed by atoms with Gasteiger partial charge in [-0.2, -0.15) is 0 Å². The van der Waals surface area contributed by atoms with E-state index >= 15 is 0 Å². The van der Waals surface area contributed by atoms with E-state index in [-0.39, 0.29) is 4.90 Å². The van der Waals surface area contributed by atoms with E-state index in [0.717, 1.165) is 5.56 Å². The summed E-state index contributed by atoms with van der Waals surface area (Å²) in [6.07, 6.45) is 3.14. The largest absolute Gasteiger partial charge is 0.323 e. The van der Waals surface area contributed by atoms with E-state index < -0.39 is 20.6 Å². The molecule has 0 spiro atoms. The molecule has 1 N–H and O–H groups in total. The van der Waals surface area contributed by atoms with E-state index in [1.54, 1.807) is 48.8 Å². The smallest absolute Gasteiger partial charge is 0.271 e. The minimum atomic E-state index is -4.13. The van der Waals surface area contributed by atoms with Gasteiger partial charge in [0, 0.05) is 28.7 Å². The van der Waals surface area contributed by atoms with Crippen LogP contribution in [0.5, 0.6) is 0 Å². The van der Waals surface area contributed by atoms with Gasteiger partial charge in [0.25, 0.3) is 10.8 Å². The summed E-state index contributed by atoms with van der Waals surface area (Å²) in [6.45, 7) is 1.87. The Morgan fingerprint density at radius 3 is 2.35 bits per heavy atom. The van der Waals surface area contributed by atoms with Gasteiger partial charge in [-0.15, -0.1) is 0 Å². The summed E-state index contributed by atoms with van der Waals surface area (Å²) in [5.74, 6) is -0.633. The van der Waals surface area contributed by atoms with Crippen molar-refractivity contribution >= 4 is 33.0 Å². The second-order valence-corrected chi connectivity index (χ2v) is 8.70. The van der Waals surface area contributed by atoms with Crippen LogP contribution in [-0.4, -0.2) is 18.9 Å². The quantitative estimate of drug-likeness (QED) is 0.748. The van der Waals surface area contributed by atoms with Crippen LogP contribution in [-0.2, 0) is 19.5 Å². The van der Waals surface area contributed by atoms with Crippen molar-refractivity contribution in [1.29, 1.82) is 0 Å². The van der Waals surface area contributed by atoms with Gasteiger partial charge in [0.05, 0.1) is 4.90 Å². The summed E-state index contributed by atoms with van der Waals surface area (Å²) in [4.78, 5) is 11.2. The first kappa shape index (κ1) is 16.9. The van der Waals surface area contributed by atoms with Gasteiger partial charge in [-0.1, -0.05) is 29.3 Å². The number of carbonyl (C=O) groups excluding carboxylic acids is 1. The van der Waals surface area contributed by atoms with Crippen molar-refractivity contribution in [2.45, 2.75) is 16.7 Å². The number of amides is 1. The monoisotopic (exact) mass is 386 g/mol. The molecule has 1 unspecified atom stereocenters. The van der Waals surface area contributed by atoms with Gasteiger partial charge in [0.1, 0.15) is 0 Å². The minimum absolute atomic E-state index is 0.0692. The number of rotatable bonds is 3. The highest BCUT2D eigenvalue weighted by atomic mass is 35.5. The predicted octanol–water partition coefficient (Wildman–Crippen LogP) is 3.58. The minimum Gasteiger partial charge on any atom is -0.323 e. The molecule has 5 nitrogen and oxygen atoms in total. The van der Waals surface area contributed by atoms with Gasteiger partial charge in [0.15, 0.2) is 0 Å². The van der Waals surface area contributed by atoms with Crippen LogP contribution in [0, 0.1) is 6.92 Å². The average molecular weight is 387 g/mol. The van der Waals surface area contributed by atoms with E-state index in [2.05, 4.69) is 5.32 Å². The molecule has 1 atom stereocenters. The zero-order valence-corrected chi connectivity index (χ0v) is 15.4. The van der Waals surface area contributed by atoms with Crippen molar-refractivity contribution in [2.75, 3.05) is 5.32 Å². The number of aryl methyl sites for hydroxylation is 1. The molecule has 7 heteroatoms. The van der Waals surface area contributed by atoms with Crippen molar-refractivity contribution in [3.8, 4) is 0 Å². The highest BCUT2D eigenvalue weighted by Gasteiger charge is 2.59. The molecule has 0 saturated carbocycles. The van der Waals surface area contributed by atoms with E-state index in [1.165, 1.54) is 22.8 Å². The first-order valence-corrected chi connectivity index (χ1v) is 9.80. The summed E-state index contributed by atoms with van der Waals surface area (Å²) in [5, 5.41) is 3.05. The summed E-state index contributed by atoms with van der Waals surface area (Å²) < 4.78 is 28.9. The molecule has 1 aliphatic rings. The van der Waals surface area contributed by atoms with Crippen molar-refractivity contribution in [1.82, 2.24) is 4.57 Å². The summed E-state index contributed by atoms with van der Waals surface area (Å²) in [5.41, 5.74) is 1.67. The van der Waals surface area contributed by atoms with Crippen LogP contribution >= 0.6 is 11.6 Å². The first-order chi connectivity index (χ1) is 12.4. The lowest BCUT2D eigenvalue weighted by Crippen LogP contribution is -2.48. The number of carbonyl (C=O) groups is 1. The van der Waals surface area contributed by atoms with Crippen molar-refractivity contribution in [2.24, 2.45) is 0 Å². The Kier molecular flexibility index (Phi) is 3.71. The molecule has 3 aromatic rings. The third kappa shape index (κ3) is 2.15. The maximum absolute atomic E-state index is 13.7. The lowest BCUT2D eigenvalue weighted by atomic mass is 10.1. The Balaban J connectivity index is 2.09. The van der Waals surface area contributed by atoms with E-state index in [9.17, 15) is 13.2 Å². The van der Waals surface area contributed by atoms with E-state index in [0.29, 0.717) is 16.3 Å². The van der Waals surface area contributed by atoms with Crippen LogP contribution in [0.2, 0.25) is 5.02 Å². The SMILES string of the molecule is Cc1ccc(S(=O)(=O)C2(n3cccc3)C(=O)Nc3ccc(Cl)cc32)cc1.